The van der Waals surface area contributed by atoms with E-state index in [1.54, 1.807) is 11.3 Å². The first-order valence-corrected chi connectivity index (χ1v) is 10.9. The minimum Gasteiger partial charge on any atom is -0.362 e. The van der Waals surface area contributed by atoms with Gasteiger partial charge in [0.15, 0.2) is 0 Å². The molecule has 0 bridgehead atoms. The molecule has 4 rings (SSSR count). The molecule has 1 aromatic carbocycles. The number of nitrogens with zero attached hydrogens (tertiary/aromatic N) is 3. The number of nitriles is 1. The molecule has 0 aliphatic heterocycles. The first-order chi connectivity index (χ1) is 13.7. The number of thiophene rings is 1. The Morgan fingerprint density at radius 2 is 2.04 bits per heavy atom. The molecule has 2 heterocycles. The van der Waals surface area contributed by atoms with Crippen LogP contribution in [0.4, 0.5) is 11.8 Å². The Kier molecular flexibility index (Phi) is 5.73. The highest BCUT2D eigenvalue weighted by Gasteiger charge is 2.17. The third-order valence-electron chi connectivity index (χ3n) is 5.44. The van der Waals surface area contributed by atoms with Gasteiger partial charge in [0.05, 0.1) is 17.1 Å². The predicted molar refractivity (Wildman–Crippen MR) is 116 cm³/mol. The first kappa shape index (κ1) is 18.7. The molecule has 1 aliphatic carbocycles. The van der Waals surface area contributed by atoms with Crippen molar-refractivity contribution in [2.75, 3.05) is 17.2 Å². The molecule has 0 spiro atoms. The zero-order valence-corrected chi connectivity index (χ0v) is 16.9. The lowest BCUT2D eigenvalue weighted by Gasteiger charge is -2.22. The summed E-state index contributed by atoms with van der Waals surface area (Å²) in [5.41, 5.74) is 1.28. The molecular formula is C22H25N5S. The number of benzene rings is 1. The van der Waals surface area contributed by atoms with Crippen LogP contribution >= 0.6 is 11.3 Å². The Morgan fingerprint density at radius 1 is 1.18 bits per heavy atom. The highest BCUT2D eigenvalue weighted by Crippen LogP contribution is 2.30. The zero-order chi connectivity index (χ0) is 19.3. The number of fused-ring (bicyclic) bond motifs is 1. The molecule has 144 valence electrons. The van der Waals surface area contributed by atoms with Crippen LogP contribution in [0.3, 0.4) is 0 Å². The van der Waals surface area contributed by atoms with Crippen molar-refractivity contribution >= 4 is 34.0 Å². The topological polar surface area (TPSA) is 73.6 Å². The Labute approximate surface area is 169 Å². The normalized spacial score (nSPS) is 15.9. The maximum absolute atomic E-state index is 9.53. The van der Waals surface area contributed by atoms with Crippen molar-refractivity contribution < 1.29 is 0 Å². The fraction of sp³-hybridized carbons (Fsp3) is 0.409. The number of nitrogens with one attached hydrogen (secondary N) is 2. The summed E-state index contributed by atoms with van der Waals surface area (Å²) in [6.07, 6.45) is 6.52. The van der Waals surface area contributed by atoms with E-state index in [-0.39, 0.29) is 6.04 Å². The summed E-state index contributed by atoms with van der Waals surface area (Å²) in [5, 5.41) is 19.5. The number of anilines is 2. The van der Waals surface area contributed by atoms with Crippen molar-refractivity contribution in [3.63, 3.8) is 0 Å². The molecule has 0 unspecified atom stereocenters. The van der Waals surface area contributed by atoms with Gasteiger partial charge >= 0.3 is 0 Å². The fourth-order valence-corrected chi connectivity index (χ4v) is 4.61. The van der Waals surface area contributed by atoms with Gasteiger partial charge < -0.3 is 10.6 Å². The first-order valence-electron chi connectivity index (χ1n) is 9.99. The number of rotatable bonds is 6. The molecule has 2 aromatic heterocycles. The maximum Gasteiger partial charge on any atom is 0.225 e. The molecule has 6 heteroatoms. The summed E-state index contributed by atoms with van der Waals surface area (Å²) in [6.45, 7) is 3.02. The quantitative estimate of drug-likeness (QED) is 0.561. The molecule has 0 radical (unpaired) electrons. The van der Waals surface area contributed by atoms with Crippen LogP contribution in [0.25, 0.3) is 10.9 Å². The van der Waals surface area contributed by atoms with E-state index in [0.717, 1.165) is 17.7 Å². The Balaban J connectivity index is 1.64. The van der Waals surface area contributed by atoms with Crippen LogP contribution in [0.1, 0.15) is 55.5 Å². The highest BCUT2D eigenvalue weighted by atomic mass is 32.1. The molecule has 1 atom stereocenters. The van der Waals surface area contributed by atoms with Crippen molar-refractivity contribution in [2.45, 2.75) is 45.1 Å². The van der Waals surface area contributed by atoms with Crippen molar-refractivity contribution in [1.82, 2.24) is 9.97 Å². The van der Waals surface area contributed by atoms with Crippen LogP contribution in [0, 0.1) is 17.2 Å². The zero-order valence-electron chi connectivity index (χ0n) is 16.1. The van der Waals surface area contributed by atoms with E-state index in [1.807, 2.05) is 18.2 Å². The van der Waals surface area contributed by atoms with Crippen LogP contribution in [-0.2, 0) is 0 Å². The second-order valence-corrected chi connectivity index (χ2v) is 8.46. The van der Waals surface area contributed by atoms with Crippen LogP contribution in [0.5, 0.6) is 0 Å². The van der Waals surface area contributed by atoms with E-state index in [1.165, 1.54) is 37.0 Å². The maximum atomic E-state index is 9.53. The second-order valence-electron chi connectivity index (χ2n) is 7.48. The van der Waals surface area contributed by atoms with Crippen LogP contribution < -0.4 is 10.6 Å². The lowest BCUT2D eigenvalue weighted by molar-refractivity contribution is 0.373. The highest BCUT2D eigenvalue weighted by molar-refractivity contribution is 7.10. The Bertz CT molecular complexity index is 971. The Morgan fingerprint density at radius 3 is 2.79 bits per heavy atom. The van der Waals surface area contributed by atoms with Gasteiger partial charge in [0.1, 0.15) is 11.9 Å². The molecule has 0 saturated heterocycles. The van der Waals surface area contributed by atoms with Gasteiger partial charge in [-0.1, -0.05) is 31.4 Å². The van der Waals surface area contributed by atoms with Crippen molar-refractivity contribution in [2.24, 2.45) is 5.92 Å². The Hall–Kier alpha value is -2.65. The molecule has 0 amide bonds. The van der Waals surface area contributed by atoms with Gasteiger partial charge in [-0.25, -0.2) is 4.98 Å². The van der Waals surface area contributed by atoms with Crippen LogP contribution in [-0.4, -0.2) is 16.5 Å². The fourth-order valence-electron chi connectivity index (χ4n) is 3.87. The standard InChI is InChI=1S/C22H25N5S/c1-15(19-11-6-12-28-19)25-21-18-10-5-9-17(13-23)20(18)26-22(27-21)24-14-16-7-3-2-4-8-16/h5-6,9-12,15-16H,2-4,7-8,14H2,1H3,(H2,24,25,26,27)/t15-/m1/s1. The van der Waals surface area contributed by atoms with E-state index in [9.17, 15) is 5.26 Å². The molecule has 1 saturated carbocycles. The van der Waals surface area contributed by atoms with Crippen molar-refractivity contribution in [3.05, 3.63) is 46.2 Å². The van der Waals surface area contributed by atoms with E-state index >= 15 is 0 Å². The third-order valence-corrected chi connectivity index (χ3v) is 6.50. The van der Waals surface area contributed by atoms with Gasteiger partial charge in [0.25, 0.3) is 0 Å². The number of aromatic nitrogens is 2. The average Bonchev–Trinajstić information content (AvgIpc) is 3.28. The molecule has 3 aromatic rings. The van der Waals surface area contributed by atoms with Crippen LogP contribution in [0.2, 0.25) is 0 Å². The predicted octanol–water partition coefficient (Wildman–Crippen LogP) is 5.73. The minimum absolute atomic E-state index is 0.134. The van der Waals surface area contributed by atoms with Gasteiger partial charge in [0.2, 0.25) is 5.95 Å². The summed E-state index contributed by atoms with van der Waals surface area (Å²) in [7, 11) is 0. The van der Waals surface area contributed by atoms with E-state index in [0.29, 0.717) is 22.9 Å². The molecule has 28 heavy (non-hydrogen) atoms. The summed E-state index contributed by atoms with van der Waals surface area (Å²) in [6, 6.07) is 12.3. The van der Waals surface area contributed by atoms with E-state index < -0.39 is 0 Å². The van der Waals surface area contributed by atoms with Gasteiger partial charge in [0, 0.05) is 16.8 Å². The largest absolute Gasteiger partial charge is 0.362 e. The molecule has 5 nitrogen and oxygen atoms in total. The molecule has 1 aliphatic rings. The van der Waals surface area contributed by atoms with Gasteiger partial charge in [-0.15, -0.1) is 11.3 Å². The molecule has 2 N–H and O–H groups in total. The number of hydrogen-bond donors (Lipinski definition) is 2. The van der Waals surface area contributed by atoms with E-state index in [4.69, 9.17) is 4.98 Å². The summed E-state index contributed by atoms with van der Waals surface area (Å²) in [4.78, 5) is 10.7. The molecule has 1 fully saturated rings. The third kappa shape index (κ3) is 4.10. The average molecular weight is 392 g/mol. The van der Waals surface area contributed by atoms with Gasteiger partial charge in [-0.3, -0.25) is 0 Å². The summed E-state index contributed by atoms with van der Waals surface area (Å²) < 4.78 is 0. The number of hydrogen-bond acceptors (Lipinski definition) is 6. The van der Waals surface area contributed by atoms with Crippen molar-refractivity contribution in [3.8, 4) is 6.07 Å². The van der Waals surface area contributed by atoms with Crippen LogP contribution in [0.15, 0.2) is 35.7 Å². The lowest BCUT2D eigenvalue weighted by atomic mass is 9.89. The SMILES string of the molecule is C[C@@H](Nc1nc(NCC2CCCCC2)nc2c(C#N)cccc12)c1cccs1. The second kappa shape index (κ2) is 8.57. The minimum atomic E-state index is 0.134. The summed E-state index contributed by atoms with van der Waals surface area (Å²) >= 11 is 1.72. The van der Waals surface area contributed by atoms with Gasteiger partial charge in [-0.2, -0.15) is 10.2 Å². The summed E-state index contributed by atoms with van der Waals surface area (Å²) in [5.74, 6) is 2.05. The van der Waals surface area contributed by atoms with Crippen molar-refractivity contribution in [1.29, 1.82) is 5.26 Å². The monoisotopic (exact) mass is 391 g/mol. The van der Waals surface area contributed by atoms with Gasteiger partial charge in [-0.05, 0) is 49.3 Å². The number of para-hydroxylation sites is 1. The lowest BCUT2D eigenvalue weighted by Crippen LogP contribution is -2.19. The molecular weight excluding hydrogens is 366 g/mol. The van der Waals surface area contributed by atoms with E-state index in [2.05, 4.69) is 46.1 Å². The smallest absolute Gasteiger partial charge is 0.225 e.